The van der Waals surface area contributed by atoms with Gasteiger partial charge in [0, 0.05) is 122 Å². The molecule has 0 fully saturated rings. The second kappa shape index (κ2) is 50.2. The number of Topliss-reactive ketones (excluding diaryl/α,β-unsaturated/α-hetero) is 1. The fraction of sp³-hybridized carbons (Fsp3) is 0.683. The second-order valence-electron chi connectivity index (χ2n) is 24.8. The Morgan fingerprint density at radius 1 is 0.390 bits per heavy atom. The zero-order chi connectivity index (χ0) is 80.4. The van der Waals surface area contributed by atoms with E-state index in [2.05, 4.69) is 49.8 Å². The number of nitrogens with two attached hydrogens (primary N) is 6. The first kappa shape index (κ1) is 94.7. The van der Waals surface area contributed by atoms with E-state index in [0.717, 1.165) is 24.5 Å². The lowest BCUT2D eigenvalue weighted by Gasteiger charge is -2.34. The number of carbonyl (C=O) groups is 20. The number of aliphatic hydroxyl groups is 1. The van der Waals surface area contributed by atoms with E-state index in [1.165, 1.54) is 13.8 Å². The van der Waals surface area contributed by atoms with Crippen LogP contribution in [0.25, 0.3) is 0 Å². The SMILES string of the molecule is CCCN(C(=O)CC(N)=O)[C@@H](CCC(N)=O)C(=O)NCCN(C(=O)C(C)CC)[C@@H](CCC(N)=O)C(=O)NCCN(C(=O)CC(N)=O)[C@@H](C)C(=O)NCCN(C(=O)CC(N)=O)[C@@H](CCC(N)=O)C(=O)NCCN(C(=O)CC(C)C)[C@@H](CO)C(=O)NCCN(C(=O)O)[C@@H](CS)C(=O)NCCNC(=O)CC(C)=O. The Balaban J connectivity index is 6.90. The molecule has 0 saturated carbocycles. The first-order valence-corrected chi connectivity index (χ1v) is 34.7. The van der Waals surface area contributed by atoms with Crippen molar-refractivity contribution in [3.05, 3.63) is 0 Å². The minimum Gasteiger partial charge on any atom is -0.465 e. The van der Waals surface area contributed by atoms with Gasteiger partial charge >= 0.3 is 6.09 Å². The van der Waals surface area contributed by atoms with Gasteiger partial charge in [-0.3, -0.25) is 96.0 Å². The van der Waals surface area contributed by atoms with Crippen LogP contribution in [0.3, 0.4) is 0 Å². The van der Waals surface area contributed by atoms with E-state index in [1.54, 1.807) is 34.6 Å². The Morgan fingerprint density at radius 2 is 0.724 bits per heavy atom. The van der Waals surface area contributed by atoms with E-state index in [9.17, 15) is 106 Å². The highest BCUT2D eigenvalue weighted by molar-refractivity contribution is 7.80. The van der Waals surface area contributed by atoms with E-state index in [4.69, 9.17) is 34.4 Å². The van der Waals surface area contributed by atoms with Crippen LogP contribution < -0.4 is 71.6 Å². The highest BCUT2D eigenvalue weighted by Crippen LogP contribution is 2.18. The van der Waals surface area contributed by atoms with Crippen molar-refractivity contribution in [3.63, 3.8) is 0 Å². The highest BCUT2D eigenvalue weighted by Gasteiger charge is 2.38. The molecular weight excluding hydrogens is 1410 g/mol. The van der Waals surface area contributed by atoms with E-state index < -0.39 is 271 Å². The number of rotatable bonds is 55. The molecule has 0 bridgehead atoms. The van der Waals surface area contributed by atoms with Gasteiger partial charge in [0.05, 0.1) is 13.0 Å². The number of aliphatic hydroxyl groups excluding tert-OH is 1. The normalized spacial score (nSPS) is 12.8. The van der Waals surface area contributed by atoms with E-state index >= 15 is 0 Å². The Labute approximate surface area is 613 Å². The topological polar surface area (TPSA) is 642 Å². The fourth-order valence-corrected chi connectivity index (χ4v) is 10.8. The number of carboxylic acid groups (broad SMARTS) is 1. The average Bonchev–Trinajstić information content (AvgIpc) is 0.890. The van der Waals surface area contributed by atoms with Gasteiger partial charge < -0.3 is 106 Å². The Kier molecular flexibility index (Phi) is 45.3. The zero-order valence-corrected chi connectivity index (χ0v) is 61.5. The Bertz CT molecular complexity index is 3070. The lowest BCUT2D eigenvalue weighted by molar-refractivity contribution is -0.145. The minimum atomic E-state index is -1.70. The lowest BCUT2D eigenvalue weighted by Crippen LogP contribution is -2.57. The largest absolute Gasteiger partial charge is 0.465 e. The summed E-state index contributed by atoms with van der Waals surface area (Å²) in [6.07, 6.45) is -6.95. The summed E-state index contributed by atoms with van der Waals surface area (Å²) in [5, 5.41) is 38.0. The maximum absolute atomic E-state index is 14.3. The quantitative estimate of drug-likeness (QED) is 0.0153. The van der Waals surface area contributed by atoms with Gasteiger partial charge in [0.15, 0.2) is 0 Å². The number of nitrogens with one attached hydrogen (secondary N) is 7. The molecule has 0 aromatic heterocycles. The van der Waals surface area contributed by atoms with Gasteiger partial charge in [0.25, 0.3) is 0 Å². The van der Waals surface area contributed by atoms with Crippen molar-refractivity contribution in [1.82, 2.24) is 66.6 Å². The Morgan fingerprint density at radius 3 is 1.09 bits per heavy atom. The van der Waals surface area contributed by atoms with Crippen molar-refractivity contribution < 1.29 is 106 Å². The first-order valence-electron chi connectivity index (χ1n) is 34.0. The molecule has 0 radical (unpaired) electrons. The molecule has 0 rings (SSSR count). The van der Waals surface area contributed by atoms with Crippen molar-refractivity contribution in [3.8, 4) is 0 Å². The summed E-state index contributed by atoms with van der Waals surface area (Å²) in [7, 11) is 0. The van der Waals surface area contributed by atoms with Gasteiger partial charge in [-0.05, 0) is 51.9 Å². The molecule has 41 nitrogen and oxygen atoms in total. The molecule has 0 aromatic carbocycles. The predicted molar refractivity (Wildman–Crippen MR) is 375 cm³/mol. The van der Waals surface area contributed by atoms with Crippen molar-refractivity contribution >= 4 is 131 Å². The number of hydrogen-bond acceptors (Lipinski definition) is 22. The summed E-state index contributed by atoms with van der Waals surface area (Å²) in [4.78, 5) is 264. The molecule has 0 aliphatic rings. The first-order chi connectivity index (χ1) is 49.2. The molecule has 592 valence electrons. The third-order valence-electron chi connectivity index (χ3n) is 15.9. The van der Waals surface area contributed by atoms with Crippen LogP contribution in [0.1, 0.15) is 132 Å². The van der Waals surface area contributed by atoms with Crippen LogP contribution in [0.15, 0.2) is 0 Å². The van der Waals surface area contributed by atoms with Gasteiger partial charge in [0.2, 0.25) is 106 Å². The molecule has 0 spiro atoms. The maximum Gasteiger partial charge on any atom is 0.408 e. The number of amides is 19. The lowest BCUT2D eigenvalue weighted by atomic mass is 10.0. The van der Waals surface area contributed by atoms with Crippen LogP contribution in [-0.4, -0.2) is 292 Å². The zero-order valence-electron chi connectivity index (χ0n) is 60.6. The van der Waals surface area contributed by atoms with Crippen LogP contribution in [-0.2, 0) is 91.1 Å². The molecule has 0 aliphatic carbocycles. The number of hydrogen-bond donors (Lipinski definition) is 16. The minimum absolute atomic E-state index is 0.0368. The van der Waals surface area contributed by atoms with Crippen LogP contribution in [0.2, 0.25) is 0 Å². The van der Waals surface area contributed by atoms with Crippen LogP contribution in [0.4, 0.5) is 4.79 Å². The molecule has 21 N–H and O–H groups in total. The van der Waals surface area contributed by atoms with E-state index in [1.807, 2.05) is 0 Å². The number of carbonyl (C=O) groups excluding carboxylic acids is 19. The summed E-state index contributed by atoms with van der Waals surface area (Å²) in [5.41, 5.74) is 32.3. The number of primary amides is 6. The average molecular weight is 1510 g/mol. The summed E-state index contributed by atoms with van der Waals surface area (Å²) < 4.78 is 0. The molecule has 0 saturated heterocycles. The monoisotopic (exact) mass is 1510 g/mol. The summed E-state index contributed by atoms with van der Waals surface area (Å²) >= 11 is 4.11. The Hall–Kier alpha value is -10.3. The van der Waals surface area contributed by atoms with E-state index in [0.29, 0.717) is 11.3 Å². The van der Waals surface area contributed by atoms with Crippen molar-refractivity contribution in [1.29, 1.82) is 0 Å². The molecule has 19 amide bonds. The molecule has 0 heterocycles. The number of ketones is 1. The number of nitrogens with zero attached hydrogens (tertiary/aromatic N) is 6. The molecule has 7 atom stereocenters. The summed E-state index contributed by atoms with van der Waals surface area (Å²) in [5.74, 6) is -18.3. The molecular formula is C63H107N19O22S. The van der Waals surface area contributed by atoms with Gasteiger partial charge in [-0.15, -0.1) is 0 Å². The molecule has 0 aliphatic heterocycles. The van der Waals surface area contributed by atoms with E-state index in [-0.39, 0.29) is 70.0 Å². The van der Waals surface area contributed by atoms with Crippen molar-refractivity contribution in [2.24, 2.45) is 46.2 Å². The number of thiol groups is 1. The van der Waals surface area contributed by atoms with Crippen molar-refractivity contribution in [2.75, 3.05) is 97.4 Å². The van der Waals surface area contributed by atoms with Gasteiger partial charge in [-0.2, -0.15) is 12.6 Å². The van der Waals surface area contributed by atoms with Crippen LogP contribution in [0.5, 0.6) is 0 Å². The van der Waals surface area contributed by atoms with Gasteiger partial charge in [0.1, 0.15) is 61.3 Å². The molecule has 0 aromatic rings. The maximum atomic E-state index is 14.3. The molecule has 1 unspecified atom stereocenters. The predicted octanol–water partition coefficient (Wildman–Crippen LogP) is -8.02. The van der Waals surface area contributed by atoms with Crippen LogP contribution >= 0.6 is 12.6 Å². The third kappa shape index (κ3) is 36.6. The summed E-state index contributed by atoms with van der Waals surface area (Å²) in [6, 6.07) is -9.19. The third-order valence-corrected chi connectivity index (χ3v) is 16.2. The van der Waals surface area contributed by atoms with Crippen molar-refractivity contribution in [2.45, 2.75) is 168 Å². The van der Waals surface area contributed by atoms with Crippen LogP contribution in [0, 0.1) is 11.8 Å². The standard InChI is InChI=1S/C63H107N19O22S/c1-8-23-78(54(94)32-49(68)89)40(10-13-45(64)85)57(97)75-21-27-81(62(102)37(5)9-2)42(12-15-47(66)87)59(99)73-18-24-77(53(93)31-48(67)88)39(7)56(96)72-19-25-79(55(95)33-50(69)90)41(11-14-46(65)86)58(98)74-20-26-80(52(92)29-36(3)4)43(34-83)60(100)76-22-28-82(63(103)104)44(35-105)61(101)71-17-16-70-51(91)30-38(6)84/h36-37,39-44,83,105H,8-35H2,1-7H3,(H2,64,85)(H2,65,86)(H2,66,87)(H2,67,88)(H2,68,89)(H2,69,90)(H,70,91)(H,71,101)(H,72,96)(H,73,99)(H,74,98)(H,75,97)(H,76,100)(H,103,104)/t37?,39-,40-,41-,42-,43-,44-/m0/s1. The highest BCUT2D eigenvalue weighted by atomic mass is 32.1. The molecule has 42 heteroatoms. The smallest absolute Gasteiger partial charge is 0.408 e. The second-order valence-corrected chi connectivity index (χ2v) is 25.2. The summed E-state index contributed by atoms with van der Waals surface area (Å²) in [6.45, 7) is 4.23. The molecule has 105 heavy (non-hydrogen) atoms. The van der Waals surface area contributed by atoms with Gasteiger partial charge in [-0.1, -0.05) is 34.6 Å². The van der Waals surface area contributed by atoms with Gasteiger partial charge in [-0.25, -0.2) is 4.79 Å². The fourth-order valence-electron chi connectivity index (χ4n) is 10.4.